The Labute approximate surface area is 147 Å². The lowest BCUT2D eigenvalue weighted by molar-refractivity contribution is 1.33. The lowest BCUT2D eigenvalue weighted by Crippen LogP contribution is -2.18. The highest BCUT2D eigenvalue weighted by Crippen LogP contribution is 2.43. The number of hydrogen-bond donors (Lipinski definition) is 0. The van der Waals surface area contributed by atoms with Crippen molar-refractivity contribution in [2.24, 2.45) is 0 Å². The molecule has 4 rings (SSSR count). The van der Waals surface area contributed by atoms with Crippen LogP contribution in [0.3, 0.4) is 0 Å². The maximum atomic E-state index is 2.32. The van der Waals surface area contributed by atoms with Crippen molar-refractivity contribution < 1.29 is 0 Å². The fourth-order valence-corrected chi connectivity index (χ4v) is 5.71. The summed E-state index contributed by atoms with van der Waals surface area (Å²) in [4.78, 5) is 1.53. The van der Waals surface area contributed by atoms with Crippen molar-refractivity contribution in [3.63, 3.8) is 0 Å². The van der Waals surface area contributed by atoms with Crippen LogP contribution in [0.5, 0.6) is 0 Å². The van der Waals surface area contributed by atoms with Crippen LogP contribution in [0.2, 0.25) is 0 Å². The van der Waals surface area contributed by atoms with E-state index in [0.717, 1.165) is 5.75 Å². The molecular formula is C23H21S+. The Bertz CT molecular complexity index is 863. The third kappa shape index (κ3) is 2.70. The van der Waals surface area contributed by atoms with Crippen molar-refractivity contribution >= 4 is 21.4 Å². The summed E-state index contributed by atoms with van der Waals surface area (Å²) in [6.07, 6.45) is 0. The van der Waals surface area contributed by atoms with Crippen molar-refractivity contribution in [1.82, 2.24) is 0 Å². The molecule has 3 aromatic rings. The molecule has 0 bridgehead atoms. The zero-order valence-electron chi connectivity index (χ0n) is 13.9. The van der Waals surface area contributed by atoms with Crippen LogP contribution in [-0.2, 0) is 16.6 Å². The summed E-state index contributed by atoms with van der Waals surface area (Å²) in [6, 6.07) is 30.8. The van der Waals surface area contributed by atoms with Crippen molar-refractivity contribution in [2.45, 2.75) is 12.7 Å². The molecule has 0 saturated heterocycles. The fraction of sp³-hybridized carbons (Fsp3) is 0.130. The van der Waals surface area contributed by atoms with Crippen molar-refractivity contribution in [3.8, 4) is 0 Å². The number of fused-ring (bicyclic) bond motifs is 1. The summed E-state index contributed by atoms with van der Waals surface area (Å²) in [6.45, 7) is 2.32. The highest BCUT2D eigenvalue weighted by atomic mass is 32.2. The van der Waals surface area contributed by atoms with E-state index in [9.17, 15) is 0 Å². The molecule has 0 nitrogen and oxygen atoms in total. The molecule has 0 radical (unpaired) electrons. The van der Waals surface area contributed by atoms with Gasteiger partial charge >= 0.3 is 0 Å². The molecule has 3 aromatic carbocycles. The molecule has 0 aliphatic carbocycles. The van der Waals surface area contributed by atoms with E-state index >= 15 is 0 Å². The lowest BCUT2D eigenvalue weighted by atomic mass is 9.92. The van der Waals surface area contributed by atoms with E-state index in [4.69, 9.17) is 0 Å². The molecule has 0 spiro atoms. The maximum Gasteiger partial charge on any atom is 0.170 e. The Kier molecular flexibility index (Phi) is 4.27. The molecule has 24 heavy (non-hydrogen) atoms. The normalized spacial score (nSPS) is 16.8. The zero-order valence-corrected chi connectivity index (χ0v) is 14.7. The van der Waals surface area contributed by atoms with Gasteiger partial charge in [0, 0.05) is 27.6 Å². The van der Waals surface area contributed by atoms with E-state index < -0.39 is 0 Å². The van der Waals surface area contributed by atoms with Gasteiger partial charge in [0.25, 0.3) is 0 Å². The molecule has 1 atom stereocenters. The number of benzene rings is 3. The van der Waals surface area contributed by atoms with Crippen LogP contribution in [-0.4, -0.2) is 5.75 Å². The third-order valence-corrected chi connectivity index (χ3v) is 6.95. The first-order chi connectivity index (χ1) is 11.9. The first-order valence-corrected chi connectivity index (χ1v) is 10.1. The van der Waals surface area contributed by atoms with Crippen LogP contribution in [0.25, 0.3) is 10.5 Å². The first-order valence-electron chi connectivity index (χ1n) is 8.49. The second kappa shape index (κ2) is 6.70. The Morgan fingerprint density at radius 3 is 1.96 bits per heavy atom. The lowest BCUT2D eigenvalue weighted by Gasteiger charge is -2.23. The van der Waals surface area contributed by atoms with Crippen LogP contribution in [0.4, 0.5) is 0 Å². The van der Waals surface area contributed by atoms with Gasteiger partial charge in [-0.05, 0) is 30.2 Å². The van der Waals surface area contributed by atoms with Crippen molar-refractivity contribution in [1.29, 1.82) is 0 Å². The minimum Gasteiger partial charge on any atom is -0.0622 e. The minimum absolute atomic E-state index is 0.247. The SMILES string of the molecule is CC[S+]1Cc2ccccc2C(c2ccccc2)=C1c1ccccc1. The summed E-state index contributed by atoms with van der Waals surface area (Å²) in [5, 5.41) is 0. The topological polar surface area (TPSA) is 0 Å². The molecule has 0 amide bonds. The van der Waals surface area contributed by atoms with Crippen LogP contribution in [0.15, 0.2) is 84.9 Å². The maximum absolute atomic E-state index is 2.32. The summed E-state index contributed by atoms with van der Waals surface area (Å²) in [5.41, 5.74) is 7.01. The summed E-state index contributed by atoms with van der Waals surface area (Å²) in [7, 11) is 0.247. The monoisotopic (exact) mass is 329 g/mol. The predicted octanol–water partition coefficient (Wildman–Crippen LogP) is 5.76. The van der Waals surface area contributed by atoms with E-state index in [1.54, 1.807) is 0 Å². The molecule has 0 fully saturated rings. The molecule has 1 unspecified atom stereocenters. The predicted molar refractivity (Wildman–Crippen MR) is 107 cm³/mol. The summed E-state index contributed by atoms with van der Waals surface area (Å²) >= 11 is 0. The van der Waals surface area contributed by atoms with Gasteiger partial charge in [-0.2, -0.15) is 0 Å². The van der Waals surface area contributed by atoms with Gasteiger partial charge in [-0.25, -0.2) is 0 Å². The highest BCUT2D eigenvalue weighted by Gasteiger charge is 2.35. The van der Waals surface area contributed by atoms with Crippen LogP contribution in [0, 0.1) is 0 Å². The summed E-state index contributed by atoms with van der Waals surface area (Å²) in [5.74, 6) is 2.35. The van der Waals surface area contributed by atoms with Crippen LogP contribution in [0.1, 0.15) is 29.2 Å². The molecule has 0 aromatic heterocycles. The van der Waals surface area contributed by atoms with E-state index in [0.29, 0.717) is 0 Å². The van der Waals surface area contributed by atoms with Gasteiger partial charge in [-0.3, -0.25) is 0 Å². The molecule has 118 valence electrons. The number of hydrogen-bond acceptors (Lipinski definition) is 0. The van der Waals surface area contributed by atoms with Crippen LogP contribution >= 0.6 is 0 Å². The second-order valence-electron chi connectivity index (χ2n) is 6.02. The van der Waals surface area contributed by atoms with Gasteiger partial charge in [0.2, 0.25) is 0 Å². The second-order valence-corrected chi connectivity index (χ2v) is 8.28. The third-order valence-electron chi connectivity index (χ3n) is 4.58. The van der Waals surface area contributed by atoms with Gasteiger partial charge in [0.1, 0.15) is 11.5 Å². The van der Waals surface area contributed by atoms with Gasteiger partial charge < -0.3 is 0 Å². The standard InChI is InChI=1S/C23H21S/c1-2-24-17-20-15-9-10-16-21(20)22(18-11-5-3-6-12-18)23(24)19-13-7-4-8-14-19/h3-16H,2,17H2,1H3/q+1. The molecule has 1 aliphatic rings. The molecule has 0 N–H and O–H groups in total. The van der Waals surface area contributed by atoms with E-state index in [1.165, 1.54) is 38.5 Å². The summed E-state index contributed by atoms with van der Waals surface area (Å²) < 4.78 is 0. The Morgan fingerprint density at radius 1 is 0.708 bits per heavy atom. The fourth-order valence-electron chi connectivity index (χ4n) is 3.45. The largest absolute Gasteiger partial charge is 0.170 e. The molecular weight excluding hydrogens is 308 g/mol. The smallest absolute Gasteiger partial charge is 0.0622 e. The van der Waals surface area contributed by atoms with Crippen molar-refractivity contribution in [2.75, 3.05) is 5.75 Å². The Balaban J connectivity index is 2.05. The van der Waals surface area contributed by atoms with Crippen LogP contribution < -0.4 is 0 Å². The van der Waals surface area contributed by atoms with Gasteiger partial charge in [0.05, 0.1) is 0 Å². The molecule has 0 saturated carbocycles. The van der Waals surface area contributed by atoms with Crippen molar-refractivity contribution in [3.05, 3.63) is 107 Å². The minimum atomic E-state index is 0.247. The van der Waals surface area contributed by atoms with Gasteiger partial charge in [0.15, 0.2) is 4.91 Å². The first kappa shape index (κ1) is 15.3. The van der Waals surface area contributed by atoms with E-state index in [-0.39, 0.29) is 10.9 Å². The highest BCUT2D eigenvalue weighted by molar-refractivity contribution is 8.05. The average molecular weight is 329 g/mol. The van der Waals surface area contributed by atoms with E-state index in [2.05, 4.69) is 91.9 Å². The molecule has 1 heterocycles. The number of rotatable bonds is 3. The molecule has 1 aliphatic heterocycles. The average Bonchev–Trinajstić information content (AvgIpc) is 2.67. The van der Waals surface area contributed by atoms with E-state index in [1.807, 2.05) is 0 Å². The Morgan fingerprint density at radius 2 is 1.29 bits per heavy atom. The zero-order chi connectivity index (χ0) is 16.4. The molecule has 1 heteroatoms. The van der Waals surface area contributed by atoms with Gasteiger partial charge in [-0.1, -0.05) is 72.8 Å². The quantitative estimate of drug-likeness (QED) is 0.536. The van der Waals surface area contributed by atoms with Gasteiger partial charge in [-0.15, -0.1) is 0 Å². The Hall–Kier alpha value is -2.25.